The molecule has 2 aromatic carbocycles. The number of benzene rings is 2. The van der Waals surface area contributed by atoms with Crippen LogP contribution in [0.1, 0.15) is 0 Å². The second-order valence-corrected chi connectivity index (χ2v) is 5.40. The van der Waals surface area contributed by atoms with Crippen molar-refractivity contribution < 1.29 is 19.1 Å². The van der Waals surface area contributed by atoms with Crippen molar-refractivity contribution >= 4 is 39.1 Å². The molecule has 0 aliphatic rings. The van der Waals surface area contributed by atoms with E-state index in [0.717, 1.165) is 4.47 Å². The molecule has 120 valence electrons. The molecule has 7 heteroatoms. The molecule has 2 N–H and O–H groups in total. The van der Waals surface area contributed by atoms with Crippen LogP contribution in [0, 0.1) is 0 Å². The summed E-state index contributed by atoms with van der Waals surface area (Å²) in [6, 6.07) is 11.7. The quantitative estimate of drug-likeness (QED) is 0.801. The van der Waals surface area contributed by atoms with E-state index in [9.17, 15) is 9.59 Å². The lowest BCUT2D eigenvalue weighted by Gasteiger charge is -2.10. The second-order valence-electron chi connectivity index (χ2n) is 4.48. The molecule has 0 unspecified atom stereocenters. The number of ether oxygens (including phenoxy) is 2. The third-order valence-electron chi connectivity index (χ3n) is 2.95. The summed E-state index contributed by atoms with van der Waals surface area (Å²) in [5, 5.41) is 5.02. The molecule has 0 saturated carbocycles. The number of anilines is 2. The van der Waals surface area contributed by atoms with Crippen molar-refractivity contribution in [2.75, 3.05) is 24.9 Å². The van der Waals surface area contributed by atoms with Crippen molar-refractivity contribution in [2.24, 2.45) is 0 Å². The maximum absolute atomic E-state index is 11.9. The van der Waals surface area contributed by atoms with Gasteiger partial charge in [-0.25, -0.2) is 0 Å². The minimum absolute atomic E-state index is 0.429. The normalized spacial score (nSPS) is 9.87. The minimum atomic E-state index is -0.778. The summed E-state index contributed by atoms with van der Waals surface area (Å²) >= 11 is 3.30. The standard InChI is InChI=1S/C16H15BrN2O4/c1-22-13-8-7-12(9-14(13)23-2)19-16(21)15(20)18-11-5-3-10(17)4-6-11/h3-9H,1-2H3,(H,18,20)(H,19,21). The third-order valence-corrected chi connectivity index (χ3v) is 3.48. The predicted molar refractivity (Wildman–Crippen MR) is 90.9 cm³/mol. The Balaban J connectivity index is 2.03. The number of rotatable bonds is 4. The maximum Gasteiger partial charge on any atom is 0.314 e. The Morgan fingerprint density at radius 2 is 1.35 bits per heavy atom. The van der Waals surface area contributed by atoms with Crippen molar-refractivity contribution in [1.82, 2.24) is 0 Å². The molecule has 0 radical (unpaired) electrons. The van der Waals surface area contributed by atoms with Crippen molar-refractivity contribution in [2.45, 2.75) is 0 Å². The maximum atomic E-state index is 11.9. The van der Waals surface area contributed by atoms with Crippen molar-refractivity contribution in [3.05, 3.63) is 46.9 Å². The van der Waals surface area contributed by atoms with Crippen LogP contribution in [0.2, 0.25) is 0 Å². The Hall–Kier alpha value is -2.54. The lowest BCUT2D eigenvalue weighted by Crippen LogP contribution is -2.29. The van der Waals surface area contributed by atoms with E-state index < -0.39 is 11.8 Å². The van der Waals surface area contributed by atoms with E-state index in [-0.39, 0.29) is 0 Å². The van der Waals surface area contributed by atoms with Crippen LogP contribution in [0.15, 0.2) is 46.9 Å². The Labute approximate surface area is 141 Å². The van der Waals surface area contributed by atoms with Gasteiger partial charge < -0.3 is 20.1 Å². The number of amides is 2. The van der Waals surface area contributed by atoms with Gasteiger partial charge in [0, 0.05) is 21.9 Å². The van der Waals surface area contributed by atoms with Gasteiger partial charge in [-0.05, 0) is 36.4 Å². The fourth-order valence-electron chi connectivity index (χ4n) is 1.82. The first-order valence-corrected chi connectivity index (χ1v) is 7.42. The van der Waals surface area contributed by atoms with Crippen LogP contribution in [0.5, 0.6) is 11.5 Å². The zero-order valence-electron chi connectivity index (χ0n) is 12.6. The highest BCUT2D eigenvalue weighted by Gasteiger charge is 2.15. The average molecular weight is 379 g/mol. The summed E-state index contributed by atoms with van der Waals surface area (Å²) in [6.07, 6.45) is 0. The van der Waals surface area contributed by atoms with Crippen LogP contribution in [0.25, 0.3) is 0 Å². The predicted octanol–water partition coefficient (Wildman–Crippen LogP) is 3.04. The van der Waals surface area contributed by atoms with Crippen LogP contribution in [0.4, 0.5) is 11.4 Å². The molecular weight excluding hydrogens is 364 g/mol. The topological polar surface area (TPSA) is 76.7 Å². The highest BCUT2D eigenvalue weighted by molar-refractivity contribution is 9.10. The minimum Gasteiger partial charge on any atom is -0.493 e. The molecule has 23 heavy (non-hydrogen) atoms. The molecule has 0 spiro atoms. The molecule has 0 fully saturated rings. The van der Waals surface area contributed by atoms with Crippen molar-refractivity contribution in [3.8, 4) is 11.5 Å². The molecule has 0 aromatic heterocycles. The van der Waals surface area contributed by atoms with Crippen LogP contribution < -0.4 is 20.1 Å². The molecule has 0 aliphatic carbocycles. The van der Waals surface area contributed by atoms with Gasteiger partial charge in [-0.2, -0.15) is 0 Å². The number of hydrogen-bond donors (Lipinski definition) is 2. The highest BCUT2D eigenvalue weighted by atomic mass is 79.9. The summed E-state index contributed by atoms with van der Waals surface area (Å²) in [4.78, 5) is 23.8. The molecule has 2 amide bonds. The van der Waals surface area contributed by atoms with Gasteiger partial charge in [0.2, 0.25) is 0 Å². The average Bonchev–Trinajstić information content (AvgIpc) is 2.56. The summed E-state index contributed by atoms with van der Waals surface area (Å²) < 4.78 is 11.1. The Bertz CT molecular complexity index is 717. The number of hydrogen-bond acceptors (Lipinski definition) is 4. The molecule has 0 saturated heterocycles. The molecular formula is C16H15BrN2O4. The molecule has 0 heterocycles. The number of methoxy groups -OCH3 is 2. The van der Waals surface area contributed by atoms with Gasteiger partial charge in [0.25, 0.3) is 0 Å². The van der Waals surface area contributed by atoms with Crippen molar-refractivity contribution in [3.63, 3.8) is 0 Å². The van der Waals surface area contributed by atoms with Crippen LogP contribution in [-0.2, 0) is 9.59 Å². The van der Waals surface area contributed by atoms with Gasteiger partial charge in [-0.3, -0.25) is 9.59 Å². The molecule has 2 rings (SSSR count). The number of carbonyl (C=O) groups is 2. The van der Waals surface area contributed by atoms with Crippen LogP contribution in [-0.4, -0.2) is 26.0 Å². The fourth-order valence-corrected chi connectivity index (χ4v) is 2.09. The Morgan fingerprint density at radius 3 is 1.91 bits per heavy atom. The van der Waals surface area contributed by atoms with Crippen LogP contribution in [0.3, 0.4) is 0 Å². The monoisotopic (exact) mass is 378 g/mol. The molecule has 6 nitrogen and oxygen atoms in total. The molecule has 0 atom stereocenters. The molecule has 0 bridgehead atoms. The first-order chi connectivity index (χ1) is 11.0. The second kappa shape index (κ2) is 7.64. The van der Waals surface area contributed by atoms with Gasteiger partial charge in [0.15, 0.2) is 11.5 Å². The van der Waals surface area contributed by atoms with Crippen LogP contribution >= 0.6 is 15.9 Å². The van der Waals surface area contributed by atoms with E-state index in [1.165, 1.54) is 14.2 Å². The summed E-state index contributed by atoms with van der Waals surface area (Å²) in [7, 11) is 3.01. The number of halogens is 1. The number of carbonyl (C=O) groups excluding carboxylic acids is 2. The molecule has 2 aromatic rings. The zero-order valence-corrected chi connectivity index (χ0v) is 14.1. The van der Waals surface area contributed by atoms with E-state index in [4.69, 9.17) is 9.47 Å². The summed E-state index contributed by atoms with van der Waals surface area (Å²) in [6.45, 7) is 0. The Kier molecular flexibility index (Phi) is 5.59. The largest absolute Gasteiger partial charge is 0.493 e. The lowest BCUT2D eigenvalue weighted by molar-refractivity contribution is -0.132. The SMILES string of the molecule is COc1ccc(NC(=O)C(=O)Nc2ccc(Br)cc2)cc1OC. The third kappa shape index (κ3) is 4.46. The summed E-state index contributed by atoms with van der Waals surface area (Å²) in [5.74, 6) is -0.550. The highest BCUT2D eigenvalue weighted by Crippen LogP contribution is 2.29. The van der Waals surface area contributed by atoms with E-state index in [1.54, 1.807) is 42.5 Å². The van der Waals surface area contributed by atoms with Gasteiger partial charge in [0.1, 0.15) is 0 Å². The zero-order chi connectivity index (χ0) is 16.8. The van der Waals surface area contributed by atoms with E-state index >= 15 is 0 Å². The smallest absolute Gasteiger partial charge is 0.314 e. The van der Waals surface area contributed by atoms with Crippen molar-refractivity contribution in [1.29, 1.82) is 0 Å². The summed E-state index contributed by atoms with van der Waals surface area (Å²) in [5.41, 5.74) is 0.958. The Morgan fingerprint density at radius 1 is 0.826 bits per heavy atom. The first kappa shape index (κ1) is 16.8. The molecule has 0 aliphatic heterocycles. The van der Waals surface area contributed by atoms with E-state index in [2.05, 4.69) is 26.6 Å². The van der Waals surface area contributed by atoms with Gasteiger partial charge >= 0.3 is 11.8 Å². The van der Waals surface area contributed by atoms with Gasteiger partial charge in [-0.1, -0.05) is 15.9 Å². The first-order valence-electron chi connectivity index (χ1n) is 6.63. The number of nitrogens with one attached hydrogen (secondary N) is 2. The van der Waals surface area contributed by atoms with Gasteiger partial charge in [-0.15, -0.1) is 0 Å². The van der Waals surface area contributed by atoms with E-state index in [0.29, 0.717) is 22.9 Å². The fraction of sp³-hybridized carbons (Fsp3) is 0.125. The van der Waals surface area contributed by atoms with Gasteiger partial charge in [0.05, 0.1) is 14.2 Å². The lowest BCUT2D eigenvalue weighted by atomic mass is 10.2. The van der Waals surface area contributed by atoms with E-state index in [1.807, 2.05) is 0 Å².